The lowest BCUT2D eigenvalue weighted by Crippen LogP contribution is -2.34. The summed E-state index contributed by atoms with van der Waals surface area (Å²) in [4.78, 5) is 0. The SMILES string of the molecule is COc1cc([C@H]2COCCN2)ccc1C.Cl. The van der Waals surface area contributed by atoms with Crippen molar-refractivity contribution in [3.05, 3.63) is 29.3 Å². The third-order valence-corrected chi connectivity index (χ3v) is 2.76. The number of ether oxygens (including phenoxy) is 2. The average Bonchev–Trinajstić information content (AvgIpc) is 2.31. The Morgan fingerprint density at radius 3 is 2.88 bits per heavy atom. The molecule has 0 aliphatic carbocycles. The van der Waals surface area contributed by atoms with Crippen LogP contribution in [0.3, 0.4) is 0 Å². The summed E-state index contributed by atoms with van der Waals surface area (Å²) in [7, 11) is 1.71. The van der Waals surface area contributed by atoms with Gasteiger partial charge in [-0.15, -0.1) is 12.4 Å². The third kappa shape index (κ3) is 2.88. The van der Waals surface area contributed by atoms with Crippen LogP contribution < -0.4 is 10.1 Å². The number of methoxy groups -OCH3 is 1. The molecule has 0 radical (unpaired) electrons. The molecule has 3 nitrogen and oxygen atoms in total. The summed E-state index contributed by atoms with van der Waals surface area (Å²) in [5.74, 6) is 0.944. The summed E-state index contributed by atoms with van der Waals surface area (Å²) in [6.45, 7) is 4.51. The number of nitrogens with one attached hydrogen (secondary N) is 1. The van der Waals surface area contributed by atoms with E-state index in [4.69, 9.17) is 9.47 Å². The smallest absolute Gasteiger partial charge is 0.122 e. The Morgan fingerprint density at radius 2 is 2.25 bits per heavy atom. The van der Waals surface area contributed by atoms with Crippen LogP contribution in [0.15, 0.2) is 18.2 Å². The Bertz CT molecular complexity index is 338. The van der Waals surface area contributed by atoms with Crippen molar-refractivity contribution in [2.24, 2.45) is 0 Å². The molecule has 1 heterocycles. The molecule has 2 rings (SSSR count). The first kappa shape index (κ1) is 13.3. The number of hydrogen-bond donors (Lipinski definition) is 1. The van der Waals surface area contributed by atoms with E-state index in [-0.39, 0.29) is 12.4 Å². The Morgan fingerprint density at radius 1 is 1.44 bits per heavy atom. The number of morpholine rings is 1. The molecule has 1 fully saturated rings. The minimum atomic E-state index is 0. The van der Waals surface area contributed by atoms with Gasteiger partial charge in [0.1, 0.15) is 5.75 Å². The van der Waals surface area contributed by atoms with E-state index in [1.54, 1.807) is 7.11 Å². The highest BCUT2D eigenvalue weighted by molar-refractivity contribution is 5.85. The van der Waals surface area contributed by atoms with Crippen LogP contribution in [-0.4, -0.2) is 26.9 Å². The number of aryl methyl sites for hydroxylation is 1. The van der Waals surface area contributed by atoms with E-state index in [2.05, 4.69) is 23.5 Å². The maximum Gasteiger partial charge on any atom is 0.122 e. The number of benzene rings is 1. The molecule has 1 aliphatic heterocycles. The van der Waals surface area contributed by atoms with Crippen LogP contribution in [0, 0.1) is 6.92 Å². The summed E-state index contributed by atoms with van der Waals surface area (Å²) in [6.07, 6.45) is 0. The quantitative estimate of drug-likeness (QED) is 0.863. The minimum Gasteiger partial charge on any atom is -0.496 e. The highest BCUT2D eigenvalue weighted by atomic mass is 35.5. The van der Waals surface area contributed by atoms with Crippen molar-refractivity contribution in [3.8, 4) is 5.75 Å². The Kier molecular flexibility index (Phi) is 5.06. The van der Waals surface area contributed by atoms with Crippen molar-refractivity contribution < 1.29 is 9.47 Å². The third-order valence-electron chi connectivity index (χ3n) is 2.76. The van der Waals surface area contributed by atoms with Gasteiger partial charge in [-0.2, -0.15) is 0 Å². The van der Waals surface area contributed by atoms with Gasteiger partial charge in [-0.05, 0) is 24.1 Å². The number of halogens is 1. The van der Waals surface area contributed by atoms with Crippen LogP contribution >= 0.6 is 12.4 Å². The first-order chi connectivity index (χ1) is 7.31. The molecule has 0 unspecified atom stereocenters. The van der Waals surface area contributed by atoms with Crippen LogP contribution in [0.25, 0.3) is 0 Å². The van der Waals surface area contributed by atoms with Gasteiger partial charge >= 0.3 is 0 Å². The van der Waals surface area contributed by atoms with Gasteiger partial charge in [-0.1, -0.05) is 12.1 Å². The summed E-state index contributed by atoms with van der Waals surface area (Å²) in [5, 5.41) is 3.43. The van der Waals surface area contributed by atoms with E-state index in [1.807, 2.05) is 6.92 Å². The molecule has 1 atom stereocenters. The fourth-order valence-corrected chi connectivity index (χ4v) is 1.83. The van der Waals surface area contributed by atoms with E-state index in [1.165, 1.54) is 5.56 Å². The summed E-state index contributed by atoms with van der Waals surface area (Å²) < 4.78 is 10.7. The second-order valence-electron chi connectivity index (χ2n) is 3.81. The molecule has 0 spiro atoms. The summed E-state index contributed by atoms with van der Waals surface area (Å²) in [5.41, 5.74) is 2.40. The second kappa shape index (κ2) is 6.09. The molecule has 1 aromatic rings. The molecule has 1 aromatic carbocycles. The van der Waals surface area contributed by atoms with Crippen molar-refractivity contribution in [1.29, 1.82) is 0 Å². The van der Waals surface area contributed by atoms with E-state index in [0.29, 0.717) is 6.04 Å². The van der Waals surface area contributed by atoms with E-state index < -0.39 is 0 Å². The van der Waals surface area contributed by atoms with E-state index in [9.17, 15) is 0 Å². The predicted molar refractivity (Wildman–Crippen MR) is 66.5 cm³/mol. The Labute approximate surface area is 103 Å². The average molecular weight is 244 g/mol. The van der Waals surface area contributed by atoms with E-state index in [0.717, 1.165) is 31.1 Å². The van der Waals surface area contributed by atoms with Gasteiger partial charge in [0.25, 0.3) is 0 Å². The molecule has 0 amide bonds. The topological polar surface area (TPSA) is 30.5 Å². The first-order valence-electron chi connectivity index (χ1n) is 5.27. The van der Waals surface area contributed by atoms with Crippen molar-refractivity contribution in [2.45, 2.75) is 13.0 Å². The molecule has 0 aromatic heterocycles. The first-order valence-corrected chi connectivity index (χ1v) is 5.27. The molecule has 1 aliphatic rings. The summed E-state index contributed by atoms with van der Waals surface area (Å²) >= 11 is 0. The molecule has 0 bridgehead atoms. The maximum atomic E-state index is 5.44. The molecular formula is C12H18ClNO2. The molecule has 90 valence electrons. The Balaban J connectivity index is 0.00000128. The number of hydrogen-bond acceptors (Lipinski definition) is 3. The normalized spacial score (nSPS) is 20.0. The van der Waals surface area contributed by atoms with Crippen LogP contribution in [-0.2, 0) is 4.74 Å². The van der Waals surface area contributed by atoms with Gasteiger partial charge in [-0.3, -0.25) is 0 Å². The van der Waals surface area contributed by atoms with Crippen molar-refractivity contribution in [3.63, 3.8) is 0 Å². The lowest BCUT2D eigenvalue weighted by molar-refractivity contribution is 0.0768. The standard InChI is InChI=1S/C12H17NO2.ClH/c1-9-3-4-10(7-12(9)14-2)11-8-15-6-5-13-11;/h3-4,7,11,13H,5-6,8H2,1-2H3;1H/t11-;/m1./s1. The van der Waals surface area contributed by atoms with Gasteiger partial charge in [-0.25, -0.2) is 0 Å². The highest BCUT2D eigenvalue weighted by Crippen LogP contribution is 2.24. The maximum absolute atomic E-state index is 5.44. The molecule has 0 saturated carbocycles. The monoisotopic (exact) mass is 243 g/mol. The van der Waals surface area contributed by atoms with E-state index >= 15 is 0 Å². The largest absolute Gasteiger partial charge is 0.496 e. The van der Waals surface area contributed by atoms with Gasteiger partial charge in [0, 0.05) is 6.54 Å². The zero-order valence-electron chi connectivity index (χ0n) is 9.66. The highest BCUT2D eigenvalue weighted by Gasteiger charge is 2.15. The second-order valence-corrected chi connectivity index (χ2v) is 3.81. The zero-order valence-corrected chi connectivity index (χ0v) is 10.5. The number of rotatable bonds is 2. The van der Waals surface area contributed by atoms with Gasteiger partial charge in [0.2, 0.25) is 0 Å². The van der Waals surface area contributed by atoms with Crippen molar-refractivity contribution in [2.75, 3.05) is 26.9 Å². The van der Waals surface area contributed by atoms with Crippen molar-refractivity contribution >= 4 is 12.4 Å². The van der Waals surface area contributed by atoms with Gasteiger partial charge in [0.05, 0.1) is 26.4 Å². The van der Waals surface area contributed by atoms with Crippen LogP contribution in [0.4, 0.5) is 0 Å². The van der Waals surface area contributed by atoms with Crippen molar-refractivity contribution in [1.82, 2.24) is 5.32 Å². The molecule has 16 heavy (non-hydrogen) atoms. The lowest BCUT2D eigenvalue weighted by atomic mass is 10.0. The van der Waals surface area contributed by atoms with Gasteiger partial charge in [0.15, 0.2) is 0 Å². The molecule has 4 heteroatoms. The Hall–Kier alpha value is -0.770. The molecule has 1 N–H and O–H groups in total. The fourth-order valence-electron chi connectivity index (χ4n) is 1.83. The van der Waals surface area contributed by atoms with Crippen LogP contribution in [0.5, 0.6) is 5.75 Å². The van der Waals surface area contributed by atoms with Gasteiger partial charge < -0.3 is 14.8 Å². The molecular weight excluding hydrogens is 226 g/mol. The predicted octanol–water partition coefficient (Wildman–Crippen LogP) is 2.09. The summed E-state index contributed by atoms with van der Waals surface area (Å²) in [6, 6.07) is 6.60. The van der Waals surface area contributed by atoms with Crippen LogP contribution in [0.1, 0.15) is 17.2 Å². The fraction of sp³-hybridized carbons (Fsp3) is 0.500. The van der Waals surface area contributed by atoms with Crippen LogP contribution in [0.2, 0.25) is 0 Å². The zero-order chi connectivity index (χ0) is 10.7. The minimum absolute atomic E-state index is 0. The molecule has 1 saturated heterocycles. The lowest BCUT2D eigenvalue weighted by Gasteiger charge is -2.24.